The van der Waals surface area contributed by atoms with Gasteiger partial charge in [0, 0.05) is 49.6 Å². The van der Waals surface area contributed by atoms with Gasteiger partial charge in [-0.1, -0.05) is 153 Å². The number of imidazole rings is 1. The highest BCUT2D eigenvalue weighted by molar-refractivity contribution is 6.11. The topological polar surface area (TPSA) is 27.7 Å². The van der Waals surface area contributed by atoms with Gasteiger partial charge in [-0.3, -0.25) is 4.57 Å². The fourth-order valence-electron chi connectivity index (χ4n) is 11.5. The number of fused-ring (bicyclic) bond motifs is 10. The zero-order valence-electron chi connectivity index (χ0n) is 37.7. The lowest BCUT2D eigenvalue weighted by Gasteiger charge is -2.22. The highest BCUT2D eigenvalue weighted by atomic mass is 15.1. The van der Waals surface area contributed by atoms with E-state index in [9.17, 15) is 0 Å². The number of rotatable bonds is 6. The fourth-order valence-corrected chi connectivity index (χ4v) is 11.5. The summed E-state index contributed by atoms with van der Waals surface area (Å²) >= 11 is 0. The van der Waals surface area contributed by atoms with Crippen molar-refractivity contribution in [3.8, 4) is 61.8 Å². The minimum Gasteiger partial charge on any atom is -0.309 e. The maximum absolute atomic E-state index is 5.44. The quantitative estimate of drug-likeness (QED) is 0.164. The standard InChI is InChI=1S/C64H44N4/c1-64(2)55-25-11-6-20-49(55)50-33-32-41(39-56(50)64)42-34-43(36-45(35-42)63-65-57-26-12-17-31-62(57)68(63)46-18-4-3-5-19-46)44-37-47(66-58-27-13-7-21-51(58)52-22-8-14-28-59(52)66)40-48(38-44)67-60-29-15-9-23-53(60)54-24-10-16-30-61(54)67/h3-40H,1-2H3. The Balaban J connectivity index is 1.08. The van der Waals surface area contributed by atoms with Crippen LogP contribution in [0.4, 0.5) is 0 Å². The molecule has 4 heteroatoms. The van der Waals surface area contributed by atoms with E-state index in [-0.39, 0.29) is 5.41 Å². The van der Waals surface area contributed by atoms with Crippen molar-refractivity contribution in [2.75, 3.05) is 0 Å². The van der Waals surface area contributed by atoms with E-state index in [4.69, 9.17) is 4.98 Å². The van der Waals surface area contributed by atoms with Crippen molar-refractivity contribution in [3.63, 3.8) is 0 Å². The van der Waals surface area contributed by atoms with E-state index < -0.39 is 0 Å². The van der Waals surface area contributed by atoms with Crippen LogP contribution >= 0.6 is 0 Å². The number of benzene rings is 10. The fraction of sp³-hybridized carbons (Fsp3) is 0.0469. The summed E-state index contributed by atoms with van der Waals surface area (Å²) in [5.41, 5.74) is 20.8. The number of aromatic nitrogens is 4. The predicted molar refractivity (Wildman–Crippen MR) is 284 cm³/mol. The Labute approximate surface area is 394 Å². The molecule has 10 aromatic carbocycles. The average Bonchev–Trinajstić information content (AvgIpc) is 4.12. The molecule has 0 fully saturated rings. The summed E-state index contributed by atoms with van der Waals surface area (Å²) in [4.78, 5) is 5.44. The third-order valence-corrected chi connectivity index (χ3v) is 14.6. The average molecular weight is 869 g/mol. The van der Waals surface area contributed by atoms with Crippen molar-refractivity contribution in [2.45, 2.75) is 19.3 Å². The lowest BCUT2D eigenvalue weighted by atomic mass is 9.81. The van der Waals surface area contributed by atoms with Crippen molar-refractivity contribution in [1.29, 1.82) is 0 Å². The van der Waals surface area contributed by atoms with E-state index in [1.165, 1.54) is 71.4 Å². The monoisotopic (exact) mass is 868 g/mol. The molecule has 0 atom stereocenters. The molecule has 1 aliphatic rings. The number of hydrogen-bond donors (Lipinski definition) is 0. The highest BCUT2D eigenvalue weighted by Crippen LogP contribution is 2.50. The molecule has 0 spiro atoms. The van der Waals surface area contributed by atoms with Crippen molar-refractivity contribution in [3.05, 3.63) is 242 Å². The molecule has 0 bridgehead atoms. The molecule has 320 valence electrons. The summed E-state index contributed by atoms with van der Waals surface area (Å²) in [6.45, 7) is 4.73. The van der Waals surface area contributed by atoms with E-state index >= 15 is 0 Å². The van der Waals surface area contributed by atoms with Crippen LogP contribution in [0.2, 0.25) is 0 Å². The van der Waals surface area contributed by atoms with Gasteiger partial charge in [0.2, 0.25) is 0 Å². The molecule has 3 aromatic heterocycles. The van der Waals surface area contributed by atoms with Gasteiger partial charge in [-0.15, -0.1) is 0 Å². The lowest BCUT2D eigenvalue weighted by Crippen LogP contribution is -2.14. The van der Waals surface area contributed by atoms with E-state index in [2.05, 4.69) is 258 Å². The SMILES string of the molecule is CC1(C)c2ccccc2-c2ccc(-c3cc(-c4cc(-n5c6ccccc6c6ccccc65)cc(-n5c6ccccc6c6ccccc65)c4)cc(-c4nc5ccccc5n4-c4ccccc4)c3)cc21. The number of hydrogen-bond acceptors (Lipinski definition) is 1. The van der Waals surface area contributed by atoms with Crippen LogP contribution in [0.1, 0.15) is 25.0 Å². The Kier molecular flexibility index (Phi) is 8.29. The number of para-hydroxylation sites is 7. The minimum atomic E-state index is -0.141. The zero-order chi connectivity index (χ0) is 45.1. The van der Waals surface area contributed by atoms with Crippen LogP contribution in [0, 0.1) is 0 Å². The maximum Gasteiger partial charge on any atom is 0.145 e. The second-order valence-electron chi connectivity index (χ2n) is 18.8. The Hall–Kier alpha value is -8.73. The molecule has 0 aliphatic heterocycles. The predicted octanol–water partition coefficient (Wildman–Crippen LogP) is 16.5. The molecular formula is C64H44N4. The van der Waals surface area contributed by atoms with E-state index in [1.807, 2.05) is 0 Å². The first-order valence-corrected chi connectivity index (χ1v) is 23.5. The van der Waals surface area contributed by atoms with Gasteiger partial charge < -0.3 is 9.13 Å². The van der Waals surface area contributed by atoms with Crippen LogP contribution in [0.3, 0.4) is 0 Å². The Morgan fingerprint density at radius 2 is 0.765 bits per heavy atom. The van der Waals surface area contributed by atoms with Crippen LogP contribution in [0.5, 0.6) is 0 Å². The second kappa shape index (κ2) is 14.6. The van der Waals surface area contributed by atoms with E-state index in [1.54, 1.807) is 0 Å². The third kappa shape index (κ3) is 5.71. The Morgan fingerprint density at radius 3 is 1.37 bits per heavy atom. The smallest absolute Gasteiger partial charge is 0.145 e. The molecule has 0 N–H and O–H groups in total. The number of nitrogens with zero attached hydrogens (tertiary/aromatic N) is 4. The van der Waals surface area contributed by atoms with Gasteiger partial charge in [0.15, 0.2) is 0 Å². The summed E-state index contributed by atoms with van der Waals surface area (Å²) in [6, 6.07) is 84.6. The van der Waals surface area contributed by atoms with Gasteiger partial charge in [0.25, 0.3) is 0 Å². The molecule has 0 saturated carbocycles. The molecule has 0 unspecified atom stereocenters. The van der Waals surface area contributed by atoms with Crippen LogP contribution in [-0.4, -0.2) is 18.7 Å². The summed E-state index contributed by atoms with van der Waals surface area (Å²) < 4.78 is 7.22. The van der Waals surface area contributed by atoms with Crippen LogP contribution in [0.25, 0.3) is 116 Å². The second-order valence-corrected chi connectivity index (χ2v) is 18.8. The summed E-state index contributed by atoms with van der Waals surface area (Å²) in [5.74, 6) is 0.899. The minimum absolute atomic E-state index is 0.141. The molecule has 4 nitrogen and oxygen atoms in total. The first kappa shape index (κ1) is 38.5. The van der Waals surface area contributed by atoms with Crippen LogP contribution in [0.15, 0.2) is 231 Å². The van der Waals surface area contributed by atoms with Crippen LogP contribution in [-0.2, 0) is 5.41 Å². The molecule has 0 saturated heterocycles. The maximum atomic E-state index is 5.44. The largest absolute Gasteiger partial charge is 0.309 e. The van der Waals surface area contributed by atoms with Crippen molar-refractivity contribution in [2.24, 2.45) is 0 Å². The van der Waals surface area contributed by atoms with Crippen molar-refractivity contribution < 1.29 is 0 Å². The molecule has 0 amide bonds. The van der Waals surface area contributed by atoms with Crippen LogP contribution < -0.4 is 0 Å². The van der Waals surface area contributed by atoms with Gasteiger partial charge in [0.05, 0.1) is 33.1 Å². The highest BCUT2D eigenvalue weighted by Gasteiger charge is 2.35. The Morgan fingerprint density at radius 1 is 0.309 bits per heavy atom. The molecule has 1 aliphatic carbocycles. The van der Waals surface area contributed by atoms with Gasteiger partial charge in [0.1, 0.15) is 5.82 Å². The summed E-state index contributed by atoms with van der Waals surface area (Å²) in [7, 11) is 0. The van der Waals surface area contributed by atoms with E-state index in [0.29, 0.717) is 0 Å². The van der Waals surface area contributed by atoms with Crippen molar-refractivity contribution in [1.82, 2.24) is 18.7 Å². The zero-order valence-corrected chi connectivity index (χ0v) is 37.7. The lowest BCUT2D eigenvalue weighted by molar-refractivity contribution is 0.660. The first-order chi connectivity index (χ1) is 33.5. The van der Waals surface area contributed by atoms with Gasteiger partial charge >= 0.3 is 0 Å². The normalized spacial score (nSPS) is 13.0. The van der Waals surface area contributed by atoms with Gasteiger partial charge in [-0.05, 0) is 136 Å². The first-order valence-electron chi connectivity index (χ1n) is 23.5. The van der Waals surface area contributed by atoms with Gasteiger partial charge in [-0.2, -0.15) is 0 Å². The molecule has 0 radical (unpaired) electrons. The molecular weight excluding hydrogens is 825 g/mol. The Bertz CT molecular complexity index is 3940. The molecule has 13 aromatic rings. The summed E-state index contributed by atoms with van der Waals surface area (Å²) in [5, 5.41) is 4.94. The van der Waals surface area contributed by atoms with E-state index in [0.717, 1.165) is 56.2 Å². The molecule has 14 rings (SSSR count). The van der Waals surface area contributed by atoms with Gasteiger partial charge in [-0.25, -0.2) is 4.98 Å². The third-order valence-electron chi connectivity index (χ3n) is 14.6. The van der Waals surface area contributed by atoms with Crippen molar-refractivity contribution >= 4 is 54.6 Å². The summed E-state index contributed by atoms with van der Waals surface area (Å²) in [6.07, 6.45) is 0. The molecule has 3 heterocycles. The molecule has 68 heavy (non-hydrogen) atoms.